The largest absolute Gasteiger partial charge is 0.469 e. The Bertz CT molecular complexity index is 311. The van der Waals surface area contributed by atoms with Crippen LogP contribution in [0.2, 0.25) is 0 Å². The van der Waals surface area contributed by atoms with Gasteiger partial charge in [0.25, 0.3) is 0 Å². The number of hydrogen-bond acceptors (Lipinski definition) is 5. The van der Waals surface area contributed by atoms with Gasteiger partial charge in [-0.05, 0) is 13.3 Å². The molecule has 1 rings (SSSR count). The molecule has 1 heterocycles. The molecule has 0 amide bonds. The van der Waals surface area contributed by atoms with Crippen LogP contribution in [0.1, 0.15) is 26.0 Å². The van der Waals surface area contributed by atoms with Crippen molar-refractivity contribution in [1.29, 1.82) is 0 Å². The minimum atomic E-state index is -0.171. The van der Waals surface area contributed by atoms with Crippen molar-refractivity contribution in [2.24, 2.45) is 5.92 Å². The van der Waals surface area contributed by atoms with Gasteiger partial charge in [-0.25, -0.2) is 0 Å². The second-order valence-corrected chi connectivity index (χ2v) is 3.93. The fraction of sp³-hybridized carbons (Fsp3) is 0.636. The molecule has 0 saturated carbocycles. The maximum absolute atomic E-state index is 11.2. The average molecular weight is 226 g/mol. The van der Waals surface area contributed by atoms with E-state index in [0.717, 1.165) is 12.1 Å². The van der Waals surface area contributed by atoms with Crippen LogP contribution in [0.5, 0.6) is 0 Å². The van der Waals surface area contributed by atoms with Gasteiger partial charge >= 0.3 is 5.97 Å². The Kier molecular flexibility index (Phi) is 4.98. The van der Waals surface area contributed by atoms with Gasteiger partial charge in [0.15, 0.2) is 0 Å². The van der Waals surface area contributed by atoms with Crippen LogP contribution < -0.4 is 5.32 Å². The molecule has 5 nitrogen and oxygen atoms in total. The van der Waals surface area contributed by atoms with Crippen LogP contribution in [0.3, 0.4) is 0 Å². The third kappa shape index (κ3) is 4.02. The van der Waals surface area contributed by atoms with Crippen LogP contribution >= 0.6 is 0 Å². The molecule has 0 aliphatic heterocycles. The first-order chi connectivity index (χ1) is 7.63. The number of esters is 1. The molecule has 1 aromatic rings. The number of nitrogens with one attached hydrogen (secondary N) is 1. The summed E-state index contributed by atoms with van der Waals surface area (Å²) in [6, 6.07) is 2.04. The van der Waals surface area contributed by atoms with Gasteiger partial charge < -0.3 is 14.6 Å². The fourth-order valence-electron chi connectivity index (χ4n) is 1.52. The van der Waals surface area contributed by atoms with E-state index in [4.69, 9.17) is 4.52 Å². The summed E-state index contributed by atoms with van der Waals surface area (Å²) < 4.78 is 9.39. The maximum Gasteiger partial charge on any atom is 0.308 e. The number of nitrogens with zero attached hydrogens (tertiary/aromatic N) is 1. The van der Waals surface area contributed by atoms with Gasteiger partial charge in [-0.1, -0.05) is 12.1 Å². The van der Waals surface area contributed by atoms with E-state index in [1.807, 2.05) is 19.9 Å². The van der Waals surface area contributed by atoms with Crippen LogP contribution in [0.15, 0.2) is 16.9 Å². The van der Waals surface area contributed by atoms with Gasteiger partial charge in [0.2, 0.25) is 0 Å². The van der Waals surface area contributed by atoms with Crippen molar-refractivity contribution in [1.82, 2.24) is 10.5 Å². The molecular weight excluding hydrogens is 208 g/mol. The van der Waals surface area contributed by atoms with E-state index in [0.29, 0.717) is 6.54 Å². The van der Waals surface area contributed by atoms with E-state index in [9.17, 15) is 4.79 Å². The molecule has 0 aliphatic rings. The number of hydrogen-bond donors (Lipinski definition) is 1. The van der Waals surface area contributed by atoms with Crippen molar-refractivity contribution in [3.8, 4) is 0 Å². The predicted octanol–water partition coefficient (Wildman–Crippen LogP) is 1.35. The second kappa shape index (κ2) is 6.27. The van der Waals surface area contributed by atoms with Crippen molar-refractivity contribution in [3.05, 3.63) is 18.0 Å². The predicted molar refractivity (Wildman–Crippen MR) is 58.6 cm³/mol. The standard InChI is InChI=1S/C11H18N2O3/c1-8(11(14)15-3)6-9(2)12-7-10-4-5-16-13-10/h4-5,8-9,12H,6-7H2,1-3H3. The topological polar surface area (TPSA) is 64.4 Å². The third-order valence-corrected chi connectivity index (χ3v) is 2.43. The van der Waals surface area contributed by atoms with E-state index in [1.54, 1.807) is 6.26 Å². The van der Waals surface area contributed by atoms with Crippen molar-refractivity contribution < 1.29 is 14.1 Å². The molecule has 1 aromatic heterocycles. The summed E-state index contributed by atoms with van der Waals surface area (Å²) in [6.45, 7) is 4.53. The summed E-state index contributed by atoms with van der Waals surface area (Å²) in [7, 11) is 1.41. The molecule has 16 heavy (non-hydrogen) atoms. The lowest BCUT2D eigenvalue weighted by Gasteiger charge is -2.16. The summed E-state index contributed by atoms with van der Waals surface area (Å²) >= 11 is 0. The zero-order chi connectivity index (χ0) is 12.0. The molecule has 0 fully saturated rings. The highest BCUT2D eigenvalue weighted by Gasteiger charge is 2.16. The van der Waals surface area contributed by atoms with Crippen LogP contribution in [-0.2, 0) is 16.1 Å². The summed E-state index contributed by atoms with van der Waals surface area (Å²) in [4.78, 5) is 11.2. The lowest BCUT2D eigenvalue weighted by molar-refractivity contribution is -0.145. The zero-order valence-corrected chi connectivity index (χ0v) is 9.90. The van der Waals surface area contributed by atoms with E-state index >= 15 is 0 Å². The molecule has 90 valence electrons. The second-order valence-electron chi connectivity index (χ2n) is 3.93. The first-order valence-electron chi connectivity index (χ1n) is 5.34. The molecule has 0 aliphatic carbocycles. The summed E-state index contributed by atoms with van der Waals surface area (Å²) in [6.07, 6.45) is 2.28. The monoisotopic (exact) mass is 226 g/mol. The number of aromatic nitrogens is 1. The zero-order valence-electron chi connectivity index (χ0n) is 9.90. The molecular formula is C11H18N2O3. The van der Waals surface area contributed by atoms with E-state index in [1.165, 1.54) is 7.11 Å². The minimum Gasteiger partial charge on any atom is -0.469 e. The lowest BCUT2D eigenvalue weighted by Crippen LogP contribution is -2.29. The molecule has 0 spiro atoms. The van der Waals surface area contributed by atoms with Crippen molar-refractivity contribution in [2.75, 3.05) is 7.11 Å². The Labute approximate surface area is 95.1 Å². The Balaban J connectivity index is 2.25. The molecule has 0 radical (unpaired) electrons. The summed E-state index contributed by atoms with van der Waals surface area (Å²) in [5, 5.41) is 7.05. The van der Waals surface area contributed by atoms with E-state index < -0.39 is 0 Å². The van der Waals surface area contributed by atoms with Gasteiger partial charge in [0.1, 0.15) is 6.26 Å². The molecule has 1 N–H and O–H groups in total. The Hall–Kier alpha value is -1.36. The number of rotatable bonds is 6. The van der Waals surface area contributed by atoms with Crippen LogP contribution in [0, 0.1) is 5.92 Å². The summed E-state index contributed by atoms with van der Waals surface area (Å²) in [5.41, 5.74) is 0.859. The molecule has 0 bridgehead atoms. The molecule has 5 heteroatoms. The van der Waals surface area contributed by atoms with Gasteiger partial charge in [0.05, 0.1) is 18.7 Å². The molecule has 0 aromatic carbocycles. The highest BCUT2D eigenvalue weighted by atomic mass is 16.5. The van der Waals surface area contributed by atoms with E-state index in [2.05, 4.69) is 15.2 Å². The van der Waals surface area contributed by atoms with Crippen molar-refractivity contribution in [3.63, 3.8) is 0 Å². The van der Waals surface area contributed by atoms with Gasteiger partial charge in [-0.2, -0.15) is 0 Å². The molecule has 2 unspecified atom stereocenters. The van der Waals surface area contributed by atoms with Crippen molar-refractivity contribution in [2.45, 2.75) is 32.9 Å². The average Bonchev–Trinajstić information content (AvgIpc) is 2.78. The van der Waals surface area contributed by atoms with Gasteiger partial charge in [0, 0.05) is 18.7 Å². The number of carbonyl (C=O) groups is 1. The number of carbonyl (C=O) groups excluding carboxylic acids is 1. The van der Waals surface area contributed by atoms with E-state index in [-0.39, 0.29) is 17.9 Å². The molecule has 0 saturated heterocycles. The van der Waals surface area contributed by atoms with Gasteiger partial charge in [-0.3, -0.25) is 4.79 Å². The quantitative estimate of drug-likeness (QED) is 0.742. The highest BCUT2D eigenvalue weighted by Crippen LogP contribution is 2.08. The third-order valence-electron chi connectivity index (χ3n) is 2.43. The summed E-state index contributed by atoms with van der Waals surface area (Å²) in [5.74, 6) is -0.264. The Morgan fingerprint density at radius 3 is 2.94 bits per heavy atom. The van der Waals surface area contributed by atoms with Crippen LogP contribution in [-0.4, -0.2) is 24.3 Å². The van der Waals surface area contributed by atoms with Crippen molar-refractivity contribution >= 4 is 5.97 Å². The number of ether oxygens (including phenoxy) is 1. The smallest absolute Gasteiger partial charge is 0.308 e. The van der Waals surface area contributed by atoms with Crippen LogP contribution in [0.25, 0.3) is 0 Å². The number of methoxy groups -OCH3 is 1. The maximum atomic E-state index is 11.2. The normalized spacial score (nSPS) is 14.4. The first-order valence-corrected chi connectivity index (χ1v) is 5.34. The fourth-order valence-corrected chi connectivity index (χ4v) is 1.52. The highest BCUT2D eigenvalue weighted by molar-refractivity contribution is 5.71. The first kappa shape index (κ1) is 12.7. The Morgan fingerprint density at radius 2 is 2.38 bits per heavy atom. The molecule has 2 atom stereocenters. The van der Waals surface area contributed by atoms with Gasteiger partial charge in [-0.15, -0.1) is 0 Å². The van der Waals surface area contributed by atoms with Crippen LogP contribution in [0.4, 0.5) is 0 Å². The minimum absolute atomic E-state index is 0.0928. The lowest BCUT2D eigenvalue weighted by atomic mass is 10.0. The Morgan fingerprint density at radius 1 is 1.62 bits per heavy atom. The SMILES string of the molecule is COC(=O)C(C)CC(C)NCc1ccon1.